The minimum Gasteiger partial charge on any atom is -0.316 e. The standard InChI is InChI=1S/C11H20N2OS2/c1-9(16(3)14)4-6-12-7-5-11-10(2)13-8-15-11/h8-9,12H,4-7H2,1-3H3. The second-order valence-corrected chi connectivity index (χ2v) is 6.70. The molecule has 1 aromatic heterocycles. The van der Waals surface area contributed by atoms with Crippen LogP contribution in [0.5, 0.6) is 0 Å². The Labute approximate surface area is 104 Å². The molecule has 16 heavy (non-hydrogen) atoms. The van der Waals surface area contributed by atoms with Crippen LogP contribution in [0.4, 0.5) is 0 Å². The lowest BCUT2D eigenvalue weighted by atomic mass is 10.3. The molecule has 0 aliphatic heterocycles. The van der Waals surface area contributed by atoms with Crippen molar-refractivity contribution in [1.29, 1.82) is 0 Å². The zero-order chi connectivity index (χ0) is 12.0. The van der Waals surface area contributed by atoms with E-state index < -0.39 is 10.8 Å². The Morgan fingerprint density at radius 1 is 1.56 bits per heavy atom. The van der Waals surface area contributed by atoms with Crippen LogP contribution in [0.1, 0.15) is 23.9 Å². The summed E-state index contributed by atoms with van der Waals surface area (Å²) in [5, 5.41) is 3.67. The molecule has 0 aliphatic rings. The molecule has 0 amide bonds. The van der Waals surface area contributed by atoms with Gasteiger partial charge in [0.15, 0.2) is 0 Å². The van der Waals surface area contributed by atoms with Gasteiger partial charge in [0.25, 0.3) is 0 Å². The first-order chi connectivity index (χ1) is 7.61. The van der Waals surface area contributed by atoms with Crippen LogP contribution in [-0.2, 0) is 17.2 Å². The lowest BCUT2D eigenvalue weighted by Crippen LogP contribution is -2.23. The van der Waals surface area contributed by atoms with Crippen LogP contribution in [-0.4, -0.2) is 33.8 Å². The molecule has 0 radical (unpaired) electrons. The van der Waals surface area contributed by atoms with Crippen LogP contribution >= 0.6 is 11.3 Å². The van der Waals surface area contributed by atoms with E-state index in [1.165, 1.54) is 4.88 Å². The summed E-state index contributed by atoms with van der Waals surface area (Å²) >= 11 is 1.72. The highest BCUT2D eigenvalue weighted by Crippen LogP contribution is 2.11. The quantitative estimate of drug-likeness (QED) is 0.759. The van der Waals surface area contributed by atoms with Crippen molar-refractivity contribution in [3.05, 3.63) is 16.1 Å². The fourth-order valence-corrected chi connectivity index (χ4v) is 2.60. The highest BCUT2D eigenvalue weighted by atomic mass is 32.2. The number of rotatable bonds is 7. The number of nitrogens with one attached hydrogen (secondary N) is 1. The van der Waals surface area contributed by atoms with E-state index in [9.17, 15) is 4.21 Å². The maximum absolute atomic E-state index is 11.1. The van der Waals surface area contributed by atoms with Crippen molar-refractivity contribution < 1.29 is 4.21 Å². The van der Waals surface area contributed by atoms with Crippen LogP contribution in [0, 0.1) is 6.92 Å². The summed E-state index contributed by atoms with van der Waals surface area (Å²) in [6, 6.07) is 0. The number of aryl methyl sites for hydroxylation is 1. The molecule has 92 valence electrons. The molecule has 2 atom stereocenters. The van der Waals surface area contributed by atoms with E-state index in [0.717, 1.165) is 31.6 Å². The van der Waals surface area contributed by atoms with Crippen molar-refractivity contribution in [3.63, 3.8) is 0 Å². The number of hydrogen-bond donors (Lipinski definition) is 1. The Bertz CT molecular complexity index is 338. The molecule has 0 fully saturated rings. The molecule has 0 aromatic carbocycles. The van der Waals surface area contributed by atoms with Gasteiger partial charge < -0.3 is 5.32 Å². The molecule has 2 unspecified atom stereocenters. The highest BCUT2D eigenvalue weighted by Gasteiger charge is 2.05. The first-order valence-corrected chi connectivity index (χ1v) is 8.03. The van der Waals surface area contributed by atoms with E-state index in [0.29, 0.717) is 0 Å². The van der Waals surface area contributed by atoms with Crippen molar-refractivity contribution in [2.45, 2.75) is 31.9 Å². The number of hydrogen-bond acceptors (Lipinski definition) is 4. The van der Waals surface area contributed by atoms with E-state index in [4.69, 9.17) is 0 Å². The first-order valence-electron chi connectivity index (χ1n) is 5.53. The number of thiazole rings is 1. The van der Waals surface area contributed by atoms with Crippen molar-refractivity contribution >= 4 is 22.1 Å². The molecule has 0 spiro atoms. The molecular formula is C11H20N2OS2. The van der Waals surface area contributed by atoms with Gasteiger partial charge in [0.1, 0.15) is 0 Å². The SMILES string of the molecule is Cc1ncsc1CCNCCC(C)S(C)=O. The summed E-state index contributed by atoms with van der Waals surface area (Å²) in [5.41, 5.74) is 3.04. The van der Waals surface area contributed by atoms with Crippen LogP contribution in [0.3, 0.4) is 0 Å². The van der Waals surface area contributed by atoms with Crippen molar-refractivity contribution in [3.8, 4) is 0 Å². The molecule has 1 aromatic rings. The molecule has 5 heteroatoms. The molecule has 0 bridgehead atoms. The Morgan fingerprint density at radius 3 is 2.88 bits per heavy atom. The van der Waals surface area contributed by atoms with Gasteiger partial charge in [0.2, 0.25) is 0 Å². The number of nitrogens with zero attached hydrogens (tertiary/aromatic N) is 1. The van der Waals surface area contributed by atoms with E-state index in [1.807, 2.05) is 19.4 Å². The van der Waals surface area contributed by atoms with E-state index in [1.54, 1.807) is 17.6 Å². The highest BCUT2D eigenvalue weighted by molar-refractivity contribution is 7.84. The molecule has 1 rings (SSSR count). The van der Waals surface area contributed by atoms with Gasteiger partial charge in [0.05, 0.1) is 11.2 Å². The Balaban J connectivity index is 2.09. The maximum Gasteiger partial charge on any atom is 0.0797 e. The Morgan fingerprint density at radius 2 is 2.31 bits per heavy atom. The molecule has 3 nitrogen and oxygen atoms in total. The third-order valence-corrected chi connectivity index (χ3v) is 5.03. The summed E-state index contributed by atoms with van der Waals surface area (Å²) in [6.07, 6.45) is 3.79. The lowest BCUT2D eigenvalue weighted by Gasteiger charge is -2.08. The van der Waals surface area contributed by atoms with Gasteiger partial charge in [-0.2, -0.15) is 0 Å². The van der Waals surface area contributed by atoms with Gasteiger partial charge in [0, 0.05) is 33.7 Å². The molecular weight excluding hydrogens is 240 g/mol. The average molecular weight is 260 g/mol. The Kier molecular flexibility index (Phi) is 6.16. The average Bonchev–Trinajstić information content (AvgIpc) is 2.63. The van der Waals surface area contributed by atoms with Gasteiger partial charge >= 0.3 is 0 Å². The van der Waals surface area contributed by atoms with Crippen LogP contribution < -0.4 is 5.32 Å². The van der Waals surface area contributed by atoms with Crippen molar-refractivity contribution in [2.75, 3.05) is 19.3 Å². The zero-order valence-corrected chi connectivity index (χ0v) is 11.8. The summed E-state index contributed by atoms with van der Waals surface area (Å²) < 4.78 is 11.1. The van der Waals surface area contributed by atoms with E-state index in [-0.39, 0.29) is 5.25 Å². The van der Waals surface area contributed by atoms with Gasteiger partial charge in [-0.15, -0.1) is 11.3 Å². The first kappa shape index (κ1) is 13.8. The molecule has 0 aliphatic carbocycles. The summed E-state index contributed by atoms with van der Waals surface area (Å²) in [4.78, 5) is 5.58. The molecule has 0 saturated heterocycles. The second-order valence-electron chi connectivity index (χ2n) is 3.96. The van der Waals surface area contributed by atoms with E-state index >= 15 is 0 Å². The zero-order valence-electron chi connectivity index (χ0n) is 10.2. The van der Waals surface area contributed by atoms with Crippen LogP contribution in [0.2, 0.25) is 0 Å². The minimum atomic E-state index is -0.697. The summed E-state index contributed by atoms with van der Waals surface area (Å²) in [6.45, 7) is 6.00. The normalized spacial score (nSPS) is 14.9. The molecule has 1 N–H and O–H groups in total. The lowest BCUT2D eigenvalue weighted by molar-refractivity contribution is 0.629. The third-order valence-electron chi connectivity index (χ3n) is 2.67. The predicted octanol–water partition coefficient (Wildman–Crippen LogP) is 1.74. The second kappa shape index (κ2) is 7.14. The van der Waals surface area contributed by atoms with Gasteiger partial charge in [-0.25, -0.2) is 4.98 Å². The smallest absolute Gasteiger partial charge is 0.0797 e. The molecule has 0 saturated carbocycles. The van der Waals surface area contributed by atoms with Crippen LogP contribution in [0.15, 0.2) is 5.51 Å². The van der Waals surface area contributed by atoms with E-state index in [2.05, 4.69) is 10.3 Å². The summed E-state index contributed by atoms with van der Waals surface area (Å²) in [5.74, 6) is 0. The largest absolute Gasteiger partial charge is 0.316 e. The fraction of sp³-hybridized carbons (Fsp3) is 0.727. The van der Waals surface area contributed by atoms with Gasteiger partial charge in [-0.05, 0) is 26.3 Å². The molecule has 1 heterocycles. The maximum atomic E-state index is 11.1. The Hall–Kier alpha value is -0.260. The monoisotopic (exact) mass is 260 g/mol. The fourth-order valence-electron chi connectivity index (χ4n) is 1.36. The predicted molar refractivity (Wildman–Crippen MR) is 71.6 cm³/mol. The summed E-state index contributed by atoms with van der Waals surface area (Å²) in [7, 11) is -0.697. The number of aromatic nitrogens is 1. The topological polar surface area (TPSA) is 42.0 Å². The van der Waals surface area contributed by atoms with Gasteiger partial charge in [-0.3, -0.25) is 4.21 Å². The van der Waals surface area contributed by atoms with Crippen molar-refractivity contribution in [2.24, 2.45) is 0 Å². The van der Waals surface area contributed by atoms with Crippen LogP contribution in [0.25, 0.3) is 0 Å². The third kappa shape index (κ3) is 4.72. The minimum absolute atomic E-state index is 0.289. The van der Waals surface area contributed by atoms with Gasteiger partial charge in [-0.1, -0.05) is 6.92 Å². The van der Waals surface area contributed by atoms with Crippen molar-refractivity contribution in [1.82, 2.24) is 10.3 Å².